The second kappa shape index (κ2) is 5.45. The predicted octanol–water partition coefficient (Wildman–Crippen LogP) is 4.34. The average molecular weight is 326 g/mol. The SMILES string of the molecule is Fc1cc(F)c2c(Nc3ccc4ncccc4c3F)ncnc2c1. The van der Waals surface area contributed by atoms with Crippen molar-refractivity contribution in [2.75, 3.05) is 5.32 Å². The van der Waals surface area contributed by atoms with Crippen LogP contribution in [0.1, 0.15) is 0 Å². The van der Waals surface area contributed by atoms with Gasteiger partial charge in [0, 0.05) is 23.7 Å². The first-order chi connectivity index (χ1) is 11.6. The molecule has 0 fully saturated rings. The lowest BCUT2D eigenvalue weighted by atomic mass is 10.1. The van der Waals surface area contributed by atoms with Gasteiger partial charge in [-0.25, -0.2) is 23.1 Å². The predicted molar refractivity (Wildman–Crippen MR) is 84.4 cm³/mol. The van der Waals surface area contributed by atoms with E-state index in [1.54, 1.807) is 24.4 Å². The van der Waals surface area contributed by atoms with Crippen LogP contribution in [0.2, 0.25) is 0 Å². The maximum absolute atomic E-state index is 14.6. The molecule has 24 heavy (non-hydrogen) atoms. The van der Waals surface area contributed by atoms with Crippen LogP contribution < -0.4 is 5.32 Å². The van der Waals surface area contributed by atoms with Crippen LogP contribution in [0.25, 0.3) is 21.8 Å². The molecule has 4 nitrogen and oxygen atoms in total. The van der Waals surface area contributed by atoms with E-state index in [2.05, 4.69) is 20.3 Å². The highest BCUT2D eigenvalue weighted by molar-refractivity contribution is 5.92. The fourth-order valence-corrected chi connectivity index (χ4v) is 2.54. The van der Waals surface area contributed by atoms with E-state index in [9.17, 15) is 13.2 Å². The van der Waals surface area contributed by atoms with Crippen LogP contribution in [-0.2, 0) is 0 Å². The summed E-state index contributed by atoms with van der Waals surface area (Å²) >= 11 is 0. The Kier molecular flexibility index (Phi) is 3.26. The van der Waals surface area contributed by atoms with Gasteiger partial charge in [0.15, 0.2) is 5.82 Å². The van der Waals surface area contributed by atoms with Crippen LogP contribution in [0.15, 0.2) is 48.9 Å². The van der Waals surface area contributed by atoms with Gasteiger partial charge < -0.3 is 5.32 Å². The van der Waals surface area contributed by atoms with Gasteiger partial charge in [-0.05, 0) is 24.3 Å². The Morgan fingerprint density at radius 1 is 0.875 bits per heavy atom. The largest absolute Gasteiger partial charge is 0.337 e. The van der Waals surface area contributed by atoms with Crippen molar-refractivity contribution in [1.29, 1.82) is 0 Å². The Balaban J connectivity index is 1.87. The van der Waals surface area contributed by atoms with Gasteiger partial charge in [-0.2, -0.15) is 0 Å². The summed E-state index contributed by atoms with van der Waals surface area (Å²) in [5.41, 5.74) is 0.702. The minimum Gasteiger partial charge on any atom is -0.337 e. The molecule has 0 amide bonds. The zero-order valence-corrected chi connectivity index (χ0v) is 12.1. The molecule has 0 bridgehead atoms. The van der Waals surface area contributed by atoms with Crippen molar-refractivity contribution in [2.24, 2.45) is 0 Å². The second-order valence-corrected chi connectivity index (χ2v) is 5.13. The molecule has 0 aliphatic rings. The zero-order valence-electron chi connectivity index (χ0n) is 12.1. The fraction of sp³-hybridized carbons (Fsp3) is 0. The van der Waals surface area contributed by atoms with Crippen molar-refractivity contribution in [3.63, 3.8) is 0 Å². The quantitative estimate of drug-likeness (QED) is 0.595. The Bertz CT molecular complexity index is 1080. The molecule has 0 aliphatic carbocycles. The molecule has 118 valence electrons. The number of hydrogen-bond donors (Lipinski definition) is 1. The van der Waals surface area contributed by atoms with Crippen LogP contribution >= 0.6 is 0 Å². The molecule has 0 saturated heterocycles. The molecule has 2 aromatic carbocycles. The van der Waals surface area contributed by atoms with Crippen molar-refractivity contribution >= 4 is 33.3 Å². The third-order valence-corrected chi connectivity index (χ3v) is 3.63. The summed E-state index contributed by atoms with van der Waals surface area (Å²) in [7, 11) is 0. The summed E-state index contributed by atoms with van der Waals surface area (Å²) < 4.78 is 42.0. The molecule has 2 aromatic heterocycles. The number of benzene rings is 2. The molecule has 0 atom stereocenters. The highest BCUT2D eigenvalue weighted by Crippen LogP contribution is 2.29. The van der Waals surface area contributed by atoms with E-state index < -0.39 is 17.5 Å². The summed E-state index contributed by atoms with van der Waals surface area (Å²) in [6, 6.07) is 8.16. The monoisotopic (exact) mass is 326 g/mol. The first kappa shape index (κ1) is 14.4. The minimum atomic E-state index is -0.823. The van der Waals surface area contributed by atoms with E-state index in [-0.39, 0.29) is 22.4 Å². The number of fused-ring (bicyclic) bond motifs is 2. The first-order valence-electron chi connectivity index (χ1n) is 7.03. The first-order valence-corrected chi connectivity index (χ1v) is 7.03. The van der Waals surface area contributed by atoms with E-state index >= 15 is 0 Å². The molecular weight excluding hydrogens is 317 g/mol. The number of nitrogens with one attached hydrogen (secondary N) is 1. The Morgan fingerprint density at radius 2 is 1.75 bits per heavy atom. The Morgan fingerprint density at radius 3 is 2.62 bits per heavy atom. The van der Waals surface area contributed by atoms with E-state index in [4.69, 9.17) is 0 Å². The highest BCUT2D eigenvalue weighted by atomic mass is 19.1. The number of halogens is 3. The molecule has 0 radical (unpaired) electrons. The molecule has 0 spiro atoms. The second-order valence-electron chi connectivity index (χ2n) is 5.13. The van der Waals surface area contributed by atoms with Crippen molar-refractivity contribution in [1.82, 2.24) is 15.0 Å². The number of rotatable bonds is 2. The molecule has 4 rings (SSSR count). The number of anilines is 2. The lowest BCUT2D eigenvalue weighted by Crippen LogP contribution is -2.00. The van der Waals surface area contributed by atoms with E-state index in [1.807, 2.05) is 0 Å². The van der Waals surface area contributed by atoms with Crippen molar-refractivity contribution < 1.29 is 13.2 Å². The molecule has 0 unspecified atom stereocenters. The summed E-state index contributed by atoms with van der Waals surface area (Å²) in [6.07, 6.45) is 2.72. The number of nitrogens with zero attached hydrogens (tertiary/aromatic N) is 3. The smallest absolute Gasteiger partial charge is 0.156 e. The van der Waals surface area contributed by atoms with Gasteiger partial charge >= 0.3 is 0 Å². The van der Waals surface area contributed by atoms with Crippen LogP contribution in [-0.4, -0.2) is 15.0 Å². The summed E-state index contributed by atoms with van der Waals surface area (Å²) in [4.78, 5) is 11.9. The summed E-state index contributed by atoms with van der Waals surface area (Å²) in [5.74, 6) is -2.04. The topological polar surface area (TPSA) is 50.7 Å². The van der Waals surface area contributed by atoms with Crippen molar-refractivity contribution in [2.45, 2.75) is 0 Å². The van der Waals surface area contributed by atoms with Crippen molar-refractivity contribution in [3.05, 3.63) is 66.4 Å². The third-order valence-electron chi connectivity index (χ3n) is 3.63. The summed E-state index contributed by atoms with van der Waals surface area (Å²) in [6.45, 7) is 0. The maximum atomic E-state index is 14.6. The van der Waals surface area contributed by atoms with E-state index in [0.717, 1.165) is 18.5 Å². The normalized spacial score (nSPS) is 11.1. The minimum absolute atomic E-state index is 0.00964. The Labute approximate surface area is 134 Å². The lowest BCUT2D eigenvalue weighted by Gasteiger charge is -2.11. The molecule has 2 heterocycles. The van der Waals surface area contributed by atoms with Gasteiger partial charge in [0.05, 0.1) is 22.1 Å². The van der Waals surface area contributed by atoms with Crippen LogP contribution in [0, 0.1) is 17.5 Å². The fourth-order valence-electron chi connectivity index (χ4n) is 2.54. The van der Waals surface area contributed by atoms with Gasteiger partial charge in [0.1, 0.15) is 23.8 Å². The van der Waals surface area contributed by atoms with E-state index in [1.165, 1.54) is 6.07 Å². The number of hydrogen-bond acceptors (Lipinski definition) is 4. The average Bonchev–Trinajstić information content (AvgIpc) is 2.57. The van der Waals surface area contributed by atoms with Crippen LogP contribution in [0.3, 0.4) is 0 Å². The lowest BCUT2D eigenvalue weighted by molar-refractivity contribution is 0.591. The summed E-state index contributed by atoms with van der Waals surface area (Å²) in [5, 5.41) is 3.07. The Hall–Kier alpha value is -3.22. The molecule has 1 N–H and O–H groups in total. The maximum Gasteiger partial charge on any atom is 0.156 e. The number of pyridine rings is 1. The third kappa shape index (κ3) is 2.30. The zero-order chi connectivity index (χ0) is 16.7. The molecule has 4 aromatic rings. The molecular formula is C17H9F3N4. The van der Waals surface area contributed by atoms with Gasteiger partial charge in [0.25, 0.3) is 0 Å². The number of aromatic nitrogens is 3. The van der Waals surface area contributed by atoms with Gasteiger partial charge in [-0.1, -0.05) is 0 Å². The molecule has 0 saturated carbocycles. The van der Waals surface area contributed by atoms with Gasteiger partial charge in [0.2, 0.25) is 0 Å². The van der Waals surface area contributed by atoms with Crippen LogP contribution in [0.4, 0.5) is 24.7 Å². The van der Waals surface area contributed by atoms with Gasteiger partial charge in [-0.15, -0.1) is 0 Å². The molecule has 0 aliphatic heterocycles. The molecule has 7 heteroatoms. The van der Waals surface area contributed by atoms with Crippen LogP contribution in [0.5, 0.6) is 0 Å². The van der Waals surface area contributed by atoms with E-state index in [0.29, 0.717) is 10.9 Å². The van der Waals surface area contributed by atoms with Gasteiger partial charge in [-0.3, -0.25) is 4.98 Å². The van der Waals surface area contributed by atoms with Crippen molar-refractivity contribution in [3.8, 4) is 0 Å². The standard InChI is InChI=1S/C17H9F3N4/c18-9-6-11(19)15-14(7-9)22-8-23-17(15)24-13-4-3-12-10(16(13)20)2-1-5-21-12/h1-8H,(H,22,23,24). The highest BCUT2D eigenvalue weighted by Gasteiger charge is 2.14.